The standard InChI is InChI=1S/C15H18BrN3OS/c1-3-5-17-14-13(7-12(16)8-18-14)15(20)19(2)9-11-4-6-21-10-11/h4,6-8,10H,3,5,9H2,1-2H3,(H,17,18). The molecule has 0 unspecified atom stereocenters. The summed E-state index contributed by atoms with van der Waals surface area (Å²) in [7, 11) is 1.81. The van der Waals surface area contributed by atoms with E-state index >= 15 is 0 Å². The van der Waals surface area contributed by atoms with Crippen molar-refractivity contribution in [3.05, 3.63) is 44.7 Å². The Kier molecular flexibility index (Phi) is 5.76. The summed E-state index contributed by atoms with van der Waals surface area (Å²) in [6.07, 6.45) is 2.68. The molecule has 4 nitrogen and oxygen atoms in total. The van der Waals surface area contributed by atoms with Crippen LogP contribution in [-0.4, -0.2) is 29.4 Å². The molecule has 112 valence electrons. The number of pyridine rings is 1. The topological polar surface area (TPSA) is 45.2 Å². The second-order valence-electron chi connectivity index (χ2n) is 4.77. The molecule has 0 spiro atoms. The fourth-order valence-electron chi connectivity index (χ4n) is 1.92. The van der Waals surface area contributed by atoms with Crippen molar-refractivity contribution in [1.82, 2.24) is 9.88 Å². The van der Waals surface area contributed by atoms with E-state index < -0.39 is 0 Å². The lowest BCUT2D eigenvalue weighted by Crippen LogP contribution is -2.27. The SMILES string of the molecule is CCCNc1ncc(Br)cc1C(=O)N(C)Cc1ccsc1. The van der Waals surface area contributed by atoms with Gasteiger partial charge in [-0.25, -0.2) is 4.98 Å². The first kappa shape index (κ1) is 16.0. The number of carbonyl (C=O) groups is 1. The number of hydrogen-bond donors (Lipinski definition) is 1. The van der Waals surface area contributed by atoms with Gasteiger partial charge in [-0.3, -0.25) is 4.79 Å². The molecule has 2 aromatic rings. The number of halogens is 1. The van der Waals surface area contributed by atoms with E-state index in [1.165, 1.54) is 0 Å². The predicted octanol–water partition coefficient (Wildman–Crippen LogP) is 4.00. The average Bonchev–Trinajstić information content (AvgIpc) is 2.98. The maximum absolute atomic E-state index is 12.6. The Labute approximate surface area is 137 Å². The minimum atomic E-state index is -0.0337. The lowest BCUT2D eigenvalue weighted by atomic mass is 10.2. The molecule has 21 heavy (non-hydrogen) atoms. The summed E-state index contributed by atoms with van der Waals surface area (Å²) in [5.74, 6) is 0.607. The Bertz CT molecular complexity index is 601. The van der Waals surface area contributed by atoms with Crippen molar-refractivity contribution >= 4 is 39.0 Å². The Hall–Kier alpha value is -1.40. The van der Waals surface area contributed by atoms with E-state index in [-0.39, 0.29) is 5.91 Å². The van der Waals surface area contributed by atoms with Crippen LogP contribution in [0.2, 0.25) is 0 Å². The van der Waals surface area contributed by atoms with Crippen LogP contribution in [0.4, 0.5) is 5.82 Å². The van der Waals surface area contributed by atoms with Crippen LogP contribution >= 0.6 is 27.3 Å². The molecule has 0 aliphatic carbocycles. The monoisotopic (exact) mass is 367 g/mol. The van der Waals surface area contributed by atoms with Gasteiger partial charge in [0.05, 0.1) is 5.56 Å². The number of nitrogens with one attached hydrogen (secondary N) is 1. The molecule has 0 fully saturated rings. The Morgan fingerprint density at radius 3 is 3.00 bits per heavy atom. The number of anilines is 1. The van der Waals surface area contributed by atoms with Crippen LogP contribution in [0.15, 0.2) is 33.6 Å². The number of hydrogen-bond acceptors (Lipinski definition) is 4. The minimum Gasteiger partial charge on any atom is -0.369 e. The molecule has 0 bridgehead atoms. The average molecular weight is 368 g/mol. The highest BCUT2D eigenvalue weighted by Gasteiger charge is 2.17. The van der Waals surface area contributed by atoms with E-state index in [4.69, 9.17) is 0 Å². The zero-order valence-corrected chi connectivity index (χ0v) is 14.5. The second-order valence-corrected chi connectivity index (χ2v) is 6.47. The van der Waals surface area contributed by atoms with Gasteiger partial charge in [0, 0.05) is 30.8 Å². The molecule has 0 aliphatic heterocycles. The summed E-state index contributed by atoms with van der Waals surface area (Å²) < 4.78 is 0.803. The summed E-state index contributed by atoms with van der Waals surface area (Å²) in [5, 5.41) is 7.28. The maximum atomic E-state index is 12.6. The largest absolute Gasteiger partial charge is 0.369 e. The summed E-state index contributed by atoms with van der Waals surface area (Å²) in [6, 6.07) is 3.85. The Balaban J connectivity index is 2.18. The molecule has 6 heteroatoms. The van der Waals surface area contributed by atoms with Gasteiger partial charge in [0.1, 0.15) is 5.82 Å². The van der Waals surface area contributed by atoms with Crippen molar-refractivity contribution in [3.8, 4) is 0 Å². The second kappa shape index (κ2) is 7.56. The van der Waals surface area contributed by atoms with Crippen LogP contribution in [0, 0.1) is 0 Å². The Morgan fingerprint density at radius 2 is 2.33 bits per heavy atom. The summed E-state index contributed by atoms with van der Waals surface area (Å²) in [6.45, 7) is 3.47. The van der Waals surface area contributed by atoms with Crippen LogP contribution in [0.1, 0.15) is 29.3 Å². The smallest absolute Gasteiger partial charge is 0.257 e. The lowest BCUT2D eigenvalue weighted by Gasteiger charge is -2.18. The predicted molar refractivity (Wildman–Crippen MR) is 90.8 cm³/mol. The highest BCUT2D eigenvalue weighted by molar-refractivity contribution is 9.10. The molecule has 0 aliphatic rings. The third-order valence-electron chi connectivity index (χ3n) is 2.97. The molecule has 0 aromatic carbocycles. The number of amides is 1. The third-order valence-corrected chi connectivity index (χ3v) is 4.14. The van der Waals surface area contributed by atoms with Gasteiger partial charge in [0.25, 0.3) is 5.91 Å². The quantitative estimate of drug-likeness (QED) is 0.838. The van der Waals surface area contributed by atoms with Crippen molar-refractivity contribution in [2.24, 2.45) is 0 Å². The van der Waals surface area contributed by atoms with Crippen LogP contribution in [-0.2, 0) is 6.54 Å². The first-order chi connectivity index (χ1) is 10.1. The maximum Gasteiger partial charge on any atom is 0.257 e. The van der Waals surface area contributed by atoms with Gasteiger partial charge < -0.3 is 10.2 Å². The van der Waals surface area contributed by atoms with E-state index in [0.29, 0.717) is 17.9 Å². The normalized spacial score (nSPS) is 10.4. The highest BCUT2D eigenvalue weighted by Crippen LogP contribution is 2.20. The molecular formula is C15H18BrN3OS. The first-order valence-corrected chi connectivity index (χ1v) is 8.51. The van der Waals surface area contributed by atoms with E-state index in [0.717, 1.165) is 23.0 Å². The molecule has 1 N–H and O–H groups in total. The van der Waals surface area contributed by atoms with Crippen molar-refractivity contribution in [2.45, 2.75) is 19.9 Å². The molecule has 0 atom stereocenters. The van der Waals surface area contributed by atoms with Gasteiger partial charge in [-0.2, -0.15) is 11.3 Å². The highest BCUT2D eigenvalue weighted by atomic mass is 79.9. The van der Waals surface area contributed by atoms with Gasteiger partial charge >= 0.3 is 0 Å². The zero-order chi connectivity index (χ0) is 15.2. The Morgan fingerprint density at radius 1 is 1.52 bits per heavy atom. The van der Waals surface area contributed by atoms with Crippen LogP contribution in [0.3, 0.4) is 0 Å². The van der Waals surface area contributed by atoms with Gasteiger partial charge in [0.2, 0.25) is 0 Å². The number of nitrogens with zero attached hydrogens (tertiary/aromatic N) is 2. The molecule has 0 saturated carbocycles. The number of aromatic nitrogens is 1. The van der Waals surface area contributed by atoms with Crippen molar-refractivity contribution < 1.29 is 4.79 Å². The van der Waals surface area contributed by atoms with E-state index in [1.807, 2.05) is 24.6 Å². The molecule has 2 heterocycles. The van der Waals surface area contributed by atoms with E-state index in [1.54, 1.807) is 22.4 Å². The molecule has 0 saturated heterocycles. The fraction of sp³-hybridized carbons (Fsp3) is 0.333. The molecular weight excluding hydrogens is 350 g/mol. The minimum absolute atomic E-state index is 0.0337. The van der Waals surface area contributed by atoms with Crippen LogP contribution < -0.4 is 5.32 Å². The van der Waals surface area contributed by atoms with E-state index in [2.05, 4.69) is 38.5 Å². The van der Waals surface area contributed by atoms with Gasteiger partial charge in [-0.15, -0.1) is 0 Å². The first-order valence-electron chi connectivity index (χ1n) is 6.77. The van der Waals surface area contributed by atoms with Crippen molar-refractivity contribution in [3.63, 3.8) is 0 Å². The van der Waals surface area contributed by atoms with E-state index in [9.17, 15) is 4.79 Å². The van der Waals surface area contributed by atoms with Crippen LogP contribution in [0.25, 0.3) is 0 Å². The third kappa shape index (κ3) is 4.28. The van der Waals surface area contributed by atoms with Gasteiger partial charge in [-0.1, -0.05) is 6.92 Å². The summed E-state index contributed by atoms with van der Waals surface area (Å²) in [4.78, 5) is 18.7. The van der Waals surface area contributed by atoms with Crippen molar-refractivity contribution in [2.75, 3.05) is 18.9 Å². The fourth-order valence-corrected chi connectivity index (χ4v) is 2.91. The molecule has 0 radical (unpaired) electrons. The summed E-state index contributed by atoms with van der Waals surface area (Å²) >= 11 is 5.02. The number of rotatable bonds is 6. The van der Waals surface area contributed by atoms with Gasteiger partial charge in [0.15, 0.2) is 0 Å². The molecule has 2 aromatic heterocycles. The number of thiophene rings is 1. The van der Waals surface area contributed by atoms with Crippen molar-refractivity contribution in [1.29, 1.82) is 0 Å². The molecule has 2 rings (SSSR count). The zero-order valence-electron chi connectivity index (χ0n) is 12.1. The number of carbonyl (C=O) groups excluding carboxylic acids is 1. The van der Waals surface area contributed by atoms with Gasteiger partial charge in [-0.05, 0) is 50.8 Å². The summed E-state index contributed by atoms with van der Waals surface area (Å²) in [5.41, 5.74) is 1.73. The van der Waals surface area contributed by atoms with Crippen LogP contribution in [0.5, 0.6) is 0 Å². The molecule has 1 amide bonds. The lowest BCUT2D eigenvalue weighted by molar-refractivity contribution is 0.0786.